The van der Waals surface area contributed by atoms with Gasteiger partial charge in [-0.2, -0.15) is 0 Å². The number of carbonyl (C=O) groups excluding carboxylic acids is 1. The smallest absolute Gasteiger partial charge is 0.410 e. The third-order valence-electron chi connectivity index (χ3n) is 2.32. The van der Waals surface area contributed by atoms with Crippen LogP contribution in [-0.2, 0) is 9.53 Å². The summed E-state index contributed by atoms with van der Waals surface area (Å²) < 4.78 is 5.21. The minimum atomic E-state index is -0.867. The Balaban J connectivity index is 2.14. The van der Waals surface area contributed by atoms with Crippen LogP contribution < -0.4 is 5.32 Å². The molecule has 1 aliphatic rings. The van der Waals surface area contributed by atoms with Crippen molar-refractivity contribution in [3.63, 3.8) is 0 Å². The van der Waals surface area contributed by atoms with Crippen LogP contribution in [0.2, 0.25) is 0 Å². The summed E-state index contributed by atoms with van der Waals surface area (Å²) in [5, 5.41) is 11.3. The lowest BCUT2D eigenvalue weighted by molar-refractivity contribution is -0.136. The fourth-order valence-corrected chi connectivity index (χ4v) is 1.56. The minimum absolute atomic E-state index is 0.0388. The molecule has 0 spiro atoms. The molecule has 0 aromatic carbocycles. The maximum atomic E-state index is 11.6. The Morgan fingerprint density at radius 3 is 2.47 bits per heavy atom. The van der Waals surface area contributed by atoms with Gasteiger partial charge in [0.05, 0.1) is 6.54 Å². The summed E-state index contributed by atoms with van der Waals surface area (Å²) in [5.41, 5.74) is -0.469. The molecule has 0 aromatic heterocycles. The highest BCUT2D eigenvalue weighted by Gasteiger charge is 2.33. The number of carboxylic acid groups (broad SMARTS) is 1. The summed E-state index contributed by atoms with van der Waals surface area (Å²) in [4.78, 5) is 23.5. The maximum absolute atomic E-state index is 11.6. The van der Waals surface area contributed by atoms with Crippen LogP contribution in [0.1, 0.15) is 20.8 Å². The van der Waals surface area contributed by atoms with Crippen LogP contribution in [-0.4, -0.2) is 53.8 Å². The molecule has 1 rings (SSSR count). The van der Waals surface area contributed by atoms with Gasteiger partial charge in [0.1, 0.15) is 5.60 Å². The molecule has 0 saturated carbocycles. The van der Waals surface area contributed by atoms with Gasteiger partial charge in [0.25, 0.3) is 0 Å². The first-order chi connectivity index (χ1) is 7.78. The van der Waals surface area contributed by atoms with Crippen molar-refractivity contribution in [2.75, 3.05) is 26.2 Å². The van der Waals surface area contributed by atoms with Crippen molar-refractivity contribution in [3.8, 4) is 0 Å². The van der Waals surface area contributed by atoms with Crippen LogP contribution in [0.25, 0.3) is 0 Å². The van der Waals surface area contributed by atoms with E-state index in [0.717, 1.165) is 0 Å². The van der Waals surface area contributed by atoms with Gasteiger partial charge in [-0.15, -0.1) is 0 Å². The molecule has 1 aliphatic heterocycles. The molecule has 0 aliphatic carbocycles. The molecule has 1 fully saturated rings. The lowest BCUT2D eigenvalue weighted by atomic mass is 10.0. The molecular weight excluding hydrogens is 224 g/mol. The van der Waals surface area contributed by atoms with Gasteiger partial charge in [-0.05, 0) is 20.8 Å². The van der Waals surface area contributed by atoms with Crippen molar-refractivity contribution in [3.05, 3.63) is 0 Å². The number of likely N-dealkylation sites (tertiary alicyclic amines) is 1. The fourth-order valence-electron chi connectivity index (χ4n) is 1.56. The van der Waals surface area contributed by atoms with Gasteiger partial charge in [0.15, 0.2) is 0 Å². The molecular formula is C11H20N2O4. The van der Waals surface area contributed by atoms with Crippen molar-refractivity contribution >= 4 is 12.1 Å². The van der Waals surface area contributed by atoms with Gasteiger partial charge in [-0.25, -0.2) is 4.79 Å². The van der Waals surface area contributed by atoms with Gasteiger partial charge in [0.2, 0.25) is 0 Å². The largest absolute Gasteiger partial charge is 0.480 e. The number of carboxylic acids is 1. The molecule has 1 amide bonds. The average molecular weight is 244 g/mol. The molecule has 0 aromatic rings. The lowest BCUT2D eigenvalue weighted by Gasteiger charge is -2.39. The van der Waals surface area contributed by atoms with E-state index in [0.29, 0.717) is 25.6 Å². The molecule has 0 bridgehead atoms. The SMILES string of the molecule is CC(C)(C)OC(=O)N1CC(CNCC(=O)O)C1. The third-order valence-corrected chi connectivity index (χ3v) is 2.32. The molecule has 0 radical (unpaired) electrons. The first-order valence-electron chi connectivity index (χ1n) is 5.68. The van der Waals surface area contributed by atoms with Gasteiger partial charge in [0, 0.05) is 25.6 Å². The second kappa shape index (κ2) is 5.35. The monoisotopic (exact) mass is 244 g/mol. The number of amides is 1. The quantitative estimate of drug-likeness (QED) is 0.754. The number of rotatable bonds is 4. The summed E-state index contributed by atoms with van der Waals surface area (Å²) in [6.07, 6.45) is -0.299. The Labute approximate surface area is 101 Å². The van der Waals surface area contributed by atoms with Gasteiger partial charge < -0.3 is 20.1 Å². The molecule has 1 saturated heterocycles. The zero-order valence-corrected chi connectivity index (χ0v) is 10.5. The predicted molar refractivity (Wildman–Crippen MR) is 61.8 cm³/mol. The topological polar surface area (TPSA) is 78.9 Å². The number of hydrogen-bond acceptors (Lipinski definition) is 4. The number of nitrogens with zero attached hydrogens (tertiary/aromatic N) is 1. The Kier molecular flexibility index (Phi) is 4.34. The van der Waals surface area contributed by atoms with Gasteiger partial charge >= 0.3 is 12.1 Å². The predicted octanol–water partition coefficient (Wildman–Crippen LogP) is 0.527. The van der Waals surface area contributed by atoms with Crippen LogP contribution in [0.4, 0.5) is 4.79 Å². The molecule has 0 atom stereocenters. The number of nitrogens with one attached hydrogen (secondary N) is 1. The number of aliphatic carboxylic acids is 1. The van der Waals surface area contributed by atoms with Crippen molar-refractivity contribution in [1.82, 2.24) is 10.2 Å². The van der Waals surface area contributed by atoms with Gasteiger partial charge in [-0.3, -0.25) is 4.79 Å². The third kappa shape index (κ3) is 5.04. The molecule has 2 N–H and O–H groups in total. The van der Waals surface area contributed by atoms with E-state index >= 15 is 0 Å². The molecule has 1 heterocycles. The molecule has 98 valence electrons. The Morgan fingerprint density at radius 1 is 1.41 bits per heavy atom. The highest BCUT2D eigenvalue weighted by molar-refractivity contribution is 5.69. The first kappa shape index (κ1) is 13.8. The molecule has 6 heteroatoms. The molecule has 0 unspecified atom stereocenters. The minimum Gasteiger partial charge on any atom is -0.480 e. The normalized spacial score (nSPS) is 16.5. The number of ether oxygens (including phenoxy) is 1. The summed E-state index contributed by atoms with van der Waals surface area (Å²) in [7, 11) is 0. The standard InChI is InChI=1S/C11H20N2O4/c1-11(2,3)17-10(16)13-6-8(7-13)4-12-5-9(14)15/h8,12H,4-7H2,1-3H3,(H,14,15). The van der Waals surface area contributed by atoms with Crippen molar-refractivity contribution in [2.24, 2.45) is 5.92 Å². The molecule has 17 heavy (non-hydrogen) atoms. The maximum Gasteiger partial charge on any atom is 0.410 e. The lowest BCUT2D eigenvalue weighted by Crippen LogP contribution is -2.54. The summed E-state index contributed by atoms with van der Waals surface area (Å²) in [6.45, 7) is 7.32. The summed E-state index contributed by atoms with van der Waals surface area (Å²) in [6, 6.07) is 0. The Morgan fingerprint density at radius 2 is 2.00 bits per heavy atom. The van der Waals surface area contributed by atoms with Crippen LogP contribution in [0.15, 0.2) is 0 Å². The summed E-state index contributed by atoms with van der Waals surface area (Å²) >= 11 is 0. The Bertz CT molecular complexity index is 292. The van der Waals surface area contributed by atoms with Crippen LogP contribution in [0.5, 0.6) is 0 Å². The van der Waals surface area contributed by atoms with E-state index in [1.54, 1.807) is 4.90 Å². The van der Waals surface area contributed by atoms with E-state index in [9.17, 15) is 9.59 Å². The zero-order valence-electron chi connectivity index (χ0n) is 10.5. The fraction of sp³-hybridized carbons (Fsp3) is 0.818. The Hall–Kier alpha value is -1.30. The van der Waals surface area contributed by atoms with E-state index < -0.39 is 11.6 Å². The highest BCUT2D eigenvalue weighted by atomic mass is 16.6. The number of hydrogen-bond donors (Lipinski definition) is 2. The van der Waals surface area contributed by atoms with Crippen molar-refractivity contribution < 1.29 is 19.4 Å². The van der Waals surface area contributed by atoms with E-state index in [-0.39, 0.29) is 12.6 Å². The molecule has 6 nitrogen and oxygen atoms in total. The number of carbonyl (C=O) groups is 2. The zero-order chi connectivity index (χ0) is 13.1. The average Bonchev–Trinajstić information content (AvgIpc) is 2.04. The second-order valence-corrected chi connectivity index (χ2v) is 5.28. The van der Waals surface area contributed by atoms with E-state index in [4.69, 9.17) is 9.84 Å². The second-order valence-electron chi connectivity index (χ2n) is 5.28. The van der Waals surface area contributed by atoms with E-state index in [1.807, 2.05) is 20.8 Å². The van der Waals surface area contributed by atoms with Crippen LogP contribution in [0, 0.1) is 5.92 Å². The van der Waals surface area contributed by atoms with E-state index in [1.165, 1.54) is 0 Å². The highest BCUT2D eigenvalue weighted by Crippen LogP contribution is 2.18. The van der Waals surface area contributed by atoms with Crippen LogP contribution >= 0.6 is 0 Å². The van der Waals surface area contributed by atoms with Crippen molar-refractivity contribution in [2.45, 2.75) is 26.4 Å². The van der Waals surface area contributed by atoms with Crippen molar-refractivity contribution in [1.29, 1.82) is 0 Å². The first-order valence-corrected chi connectivity index (χ1v) is 5.68. The van der Waals surface area contributed by atoms with Gasteiger partial charge in [-0.1, -0.05) is 0 Å². The summed E-state index contributed by atoms with van der Waals surface area (Å²) in [5.74, 6) is -0.546. The van der Waals surface area contributed by atoms with E-state index in [2.05, 4.69) is 5.32 Å². The van der Waals surface area contributed by atoms with Crippen LogP contribution in [0.3, 0.4) is 0 Å².